The van der Waals surface area contributed by atoms with Crippen LogP contribution in [0.25, 0.3) is 11.3 Å². The van der Waals surface area contributed by atoms with E-state index in [1.54, 1.807) is 24.5 Å². The molecule has 0 aliphatic rings. The Morgan fingerprint density at radius 2 is 2.24 bits per heavy atom. The van der Waals surface area contributed by atoms with Gasteiger partial charge < -0.3 is 14.8 Å². The van der Waals surface area contributed by atoms with Crippen LogP contribution in [0.3, 0.4) is 0 Å². The van der Waals surface area contributed by atoms with Crippen LogP contribution in [-0.4, -0.2) is 28.2 Å². The zero-order valence-electron chi connectivity index (χ0n) is 9.52. The zero-order chi connectivity index (χ0) is 12.4. The van der Waals surface area contributed by atoms with E-state index in [4.69, 9.17) is 9.84 Å². The summed E-state index contributed by atoms with van der Waals surface area (Å²) in [5, 5.41) is 9.08. The summed E-state index contributed by atoms with van der Waals surface area (Å²) in [6, 6.07) is 4.98. The van der Waals surface area contributed by atoms with Crippen molar-refractivity contribution in [2.75, 3.05) is 7.11 Å². The smallest absolute Gasteiger partial charge is 0.339 e. The molecule has 0 atom stereocenters. The second-order valence-corrected chi connectivity index (χ2v) is 3.60. The van der Waals surface area contributed by atoms with Gasteiger partial charge in [-0.3, -0.25) is 0 Å². The van der Waals surface area contributed by atoms with E-state index < -0.39 is 5.97 Å². The second kappa shape index (κ2) is 4.29. The number of rotatable bonds is 3. The summed E-state index contributed by atoms with van der Waals surface area (Å²) in [6.07, 6.45) is 1.58. The number of methoxy groups -OCH3 is 1. The fourth-order valence-electron chi connectivity index (χ4n) is 1.67. The van der Waals surface area contributed by atoms with Gasteiger partial charge in [0, 0.05) is 11.3 Å². The molecular formula is C12H12N2O3. The average molecular weight is 232 g/mol. The number of aromatic nitrogens is 2. The third-order valence-corrected chi connectivity index (χ3v) is 2.53. The number of benzene rings is 1. The number of carbonyl (C=O) groups is 1. The fourth-order valence-corrected chi connectivity index (χ4v) is 1.67. The summed E-state index contributed by atoms with van der Waals surface area (Å²) in [5.41, 5.74) is 2.52. The molecular weight excluding hydrogens is 220 g/mol. The number of aromatic carboxylic acids is 1. The summed E-state index contributed by atoms with van der Waals surface area (Å²) in [6.45, 7) is 1.88. The van der Waals surface area contributed by atoms with Crippen LogP contribution < -0.4 is 4.74 Å². The number of carboxylic acid groups (broad SMARTS) is 1. The summed E-state index contributed by atoms with van der Waals surface area (Å²) in [7, 11) is 1.45. The van der Waals surface area contributed by atoms with E-state index in [1.165, 1.54) is 7.11 Å². The molecule has 0 saturated heterocycles. The Hall–Kier alpha value is -2.30. The lowest BCUT2D eigenvalue weighted by atomic mass is 10.1. The number of hydrogen-bond acceptors (Lipinski definition) is 3. The monoisotopic (exact) mass is 232 g/mol. The van der Waals surface area contributed by atoms with Crippen molar-refractivity contribution in [1.29, 1.82) is 0 Å². The standard InChI is InChI=1S/C12H12N2O3/c1-7-11(14-6-13-7)8-3-4-10(17-2)9(5-8)12(15)16/h3-6H,1-2H3,(H,13,14)(H,15,16). The first kappa shape index (κ1) is 11.2. The summed E-state index contributed by atoms with van der Waals surface area (Å²) < 4.78 is 5.00. The van der Waals surface area contributed by atoms with Crippen LogP contribution in [-0.2, 0) is 0 Å². The van der Waals surface area contributed by atoms with Gasteiger partial charge in [0.1, 0.15) is 11.3 Å². The first-order chi connectivity index (χ1) is 8.13. The average Bonchev–Trinajstić information content (AvgIpc) is 2.74. The van der Waals surface area contributed by atoms with Gasteiger partial charge in [0.2, 0.25) is 0 Å². The third-order valence-electron chi connectivity index (χ3n) is 2.53. The zero-order valence-corrected chi connectivity index (χ0v) is 9.52. The number of nitrogens with zero attached hydrogens (tertiary/aromatic N) is 1. The minimum absolute atomic E-state index is 0.132. The lowest BCUT2D eigenvalue weighted by Crippen LogP contribution is -2.00. The number of carboxylic acids is 1. The van der Waals surface area contributed by atoms with E-state index in [0.717, 1.165) is 17.0 Å². The van der Waals surface area contributed by atoms with Gasteiger partial charge in [-0.25, -0.2) is 9.78 Å². The molecule has 5 nitrogen and oxygen atoms in total. The maximum atomic E-state index is 11.1. The van der Waals surface area contributed by atoms with Crippen LogP contribution in [0.4, 0.5) is 0 Å². The highest BCUT2D eigenvalue weighted by atomic mass is 16.5. The molecule has 0 unspecified atom stereocenters. The van der Waals surface area contributed by atoms with E-state index in [0.29, 0.717) is 5.75 Å². The molecule has 1 aromatic carbocycles. The number of ether oxygens (including phenoxy) is 1. The Labute approximate surface area is 98.1 Å². The maximum Gasteiger partial charge on any atom is 0.339 e. The van der Waals surface area contributed by atoms with E-state index in [9.17, 15) is 4.79 Å². The van der Waals surface area contributed by atoms with E-state index >= 15 is 0 Å². The SMILES string of the molecule is COc1ccc(-c2nc[nH]c2C)cc1C(=O)O. The van der Waals surface area contributed by atoms with Crippen LogP contribution in [0, 0.1) is 6.92 Å². The largest absolute Gasteiger partial charge is 0.496 e. The third kappa shape index (κ3) is 1.99. The molecule has 2 aromatic rings. The minimum atomic E-state index is -1.02. The second-order valence-electron chi connectivity index (χ2n) is 3.60. The van der Waals surface area contributed by atoms with Crippen LogP contribution in [0.5, 0.6) is 5.75 Å². The van der Waals surface area contributed by atoms with Crippen LogP contribution in [0.2, 0.25) is 0 Å². The van der Waals surface area contributed by atoms with Crippen molar-refractivity contribution < 1.29 is 14.6 Å². The van der Waals surface area contributed by atoms with E-state index in [-0.39, 0.29) is 5.56 Å². The summed E-state index contributed by atoms with van der Waals surface area (Å²) >= 11 is 0. The Kier molecular flexibility index (Phi) is 2.82. The van der Waals surface area contributed by atoms with Gasteiger partial charge in [0.25, 0.3) is 0 Å². The number of aryl methyl sites for hydroxylation is 1. The quantitative estimate of drug-likeness (QED) is 0.849. The molecule has 1 aromatic heterocycles. The molecule has 1 heterocycles. The molecule has 5 heteroatoms. The van der Waals surface area contributed by atoms with Gasteiger partial charge in [-0.05, 0) is 25.1 Å². The molecule has 0 radical (unpaired) electrons. The predicted molar refractivity (Wildman–Crippen MR) is 62.3 cm³/mol. The Balaban J connectivity index is 2.55. The highest BCUT2D eigenvalue weighted by Gasteiger charge is 2.14. The first-order valence-corrected chi connectivity index (χ1v) is 5.05. The number of hydrogen-bond donors (Lipinski definition) is 2. The van der Waals surface area contributed by atoms with Crippen molar-refractivity contribution in [2.45, 2.75) is 6.92 Å². The topological polar surface area (TPSA) is 75.2 Å². The molecule has 0 saturated carbocycles. The van der Waals surface area contributed by atoms with E-state index in [2.05, 4.69) is 9.97 Å². The Morgan fingerprint density at radius 3 is 2.76 bits per heavy atom. The molecule has 0 amide bonds. The maximum absolute atomic E-state index is 11.1. The Bertz CT molecular complexity index is 561. The van der Waals surface area contributed by atoms with Gasteiger partial charge in [0.05, 0.1) is 19.1 Å². The minimum Gasteiger partial charge on any atom is -0.496 e. The molecule has 0 bridgehead atoms. The van der Waals surface area contributed by atoms with Crippen molar-refractivity contribution in [3.63, 3.8) is 0 Å². The van der Waals surface area contributed by atoms with Gasteiger partial charge in [0.15, 0.2) is 0 Å². The lowest BCUT2D eigenvalue weighted by molar-refractivity contribution is 0.0693. The first-order valence-electron chi connectivity index (χ1n) is 5.05. The number of aromatic amines is 1. The highest BCUT2D eigenvalue weighted by Crippen LogP contribution is 2.26. The number of H-pyrrole nitrogens is 1. The highest BCUT2D eigenvalue weighted by molar-refractivity contribution is 5.92. The lowest BCUT2D eigenvalue weighted by Gasteiger charge is -2.06. The van der Waals surface area contributed by atoms with Crippen LogP contribution in [0.15, 0.2) is 24.5 Å². The predicted octanol–water partition coefficient (Wildman–Crippen LogP) is 2.09. The molecule has 0 aliphatic heterocycles. The van der Waals surface area contributed by atoms with Crippen molar-refractivity contribution in [3.8, 4) is 17.0 Å². The molecule has 2 rings (SSSR count). The van der Waals surface area contributed by atoms with Gasteiger partial charge in [-0.1, -0.05) is 0 Å². The van der Waals surface area contributed by atoms with Gasteiger partial charge >= 0.3 is 5.97 Å². The van der Waals surface area contributed by atoms with Crippen molar-refractivity contribution in [2.24, 2.45) is 0 Å². The number of imidazole rings is 1. The number of nitrogens with one attached hydrogen (secondary N) is 1. The molecule has 88 valence electrons. The van der Waals surface area contributed by atoms with Crippen molar-refractivity contribution >= 4 is 5.97 Å². The van der Waals surface area contributed by atoms with Gasteiger partial charge in [-0.2, -0.15) is 0 Å². The van der Waals surface area contributed by atoms with Crippen molar-refractivity contribution in [3.05, 3.63) is 35.8 Å². The van der Waals surface area contributed by atoms with E-state index in [1.807, 2.05) is 6.92 Å². The van der Waals surface area contributed by atoms with Crippen LogP contribution in [0.1, 0.15) is 16.1 Å². The van der Waals surface area contributed by atoms with Crippen molar-refractivity contribution in [1.82, 2.24) is 9.97 Å². The molecule has 2 N–H and O–H groups in total. The summed E-state index contributed by atoms with van der Waals surface area (Å²) in [5.74, 6) is -0.675. The summed E-state index contributed by atoms with van der Waals surface area (Å²) in [4.78, 5) is 18.2. The fraction of sp³-hybridized carbons (Fsp3) is 0.167. The molecule has 0 spiro atoms. The molecule has 0 fully saturated rings. The van der Waals surface area contributed by atoms with Crippen LogP contribution >= 0.6 is 0 Å². The van der Waals surface area contributed by atoms with Gasteiger partial charge in [-0.15, -0.1) is 0 Å². The normalized spacial score (nSPS) is 10.2. The Morgan fingerprint density at radius 1 is 1.47 bits per heavy atom. The molecule has 0 aliphatic carbocycles. The molecule has 17 heavy (non-hydrogen) atoms.